The Kier molecular flexibility index (Phi) is 5.68. The monoisotopic (exact) mass is 468 g/mol. The molecule has 8 nitrogen and oxygen atoms in total. The highest BCUT2D eigenvalue weighted by atomic mass is 16.5. The van der Waals surface area contributed by atoms with E-state index in [1.165, 1.54) is 5.56 Å². The molecule has 5 rings (SSSR count). The highest BCUT2D eigenvalue weighted by molar-refractivity contribution is 6.05. The van der Waals surface area contributed by atoms with Gasteiger partial charge in [0, 0.05) is 7.11 Å². The van der Waals surface area contributed by atoms with Crippen LogP contribution in [0.1, 0.15) is 37.7 Å². The molecule has 2 aromatic carbocycles. The molecule has 0 amide bonds. The van der Waals surface area contributed by atoms with Crippen molar-refractivity contribution in [2.75, 3.05) is 13.7 Å². The Balaban J connectivity index is 1.74. The number of hydrogen-bond donors (Lipinski definition) is 0. The summed E-state index contributed by atoms with van der Waals surface area (Å²) in [7, 11) is 1.61. The molecule has 0 unspecified atom stereocenters. The summed E-state index contributed by atoms with van der Waals surface area (Å²) in [4.78, 5) is 27.9. The summed E-state index contributed by atoms with van der Waals surface area (Å²) in [6.07, 6.45) is 1.76. The molecule has 0 N–H and O–H groups in total. The van der Waals surface area contributed by atoms with Crippen molar-refractivity contribution < 1.29 is 4.74 Å². The molecule has 5 aromatic rings. The van der Waals surface area contributed by atoms with Crippen molar-refractivity contribution in [2.45, 2.75) is 39.7 Å². The van der Waals surface area contributed by atoms with Crippen LogP contribution in [0, 0.1) is 6.92 Å². The van der Waals surface area contributed by atoms with Crippen molar-refractivity contribution in [3.63, 3.8) is 0 Å². The standard InChI is InChI=1S/C27H28N6O2/c1-17-29-24-22(26(34)32(17)14-15-35-5)23-25(31-21-9-7-6-8-20(21)30-23)33(24)28-16-18-10-12-19(13-11-18)27(2,3)4/h6-13,16H,14-15H2,1-5H3/b28-16-. The fourth-order valence-electron chi connectivity index (χ4n) is 4.16. The first-order valence-electron chi connectivity index (χ1n) is 11.6. The van der Waals surface area contributed by atoms with Crippen LogP contribution in [0.15, 0.2) is 58.4 Å². The van der Waals surface area contributed by atoms with Gasteiger partial charge in [0.1, 0.15) is 16.7 Å². The minimum atomic E-state index is -0.178. The van der Waals surface area contributed by atoms with Crippen molar-refractivity contribution >= 4 is 39.4 Å². The number of hydrogen-bond acceptors (Lipinski definition) is 6. The van der Waals surface area contributed by atoms with Gasteiger partial charge in [-0.1, -0.05) is 57.2 Å². The quantitative estimate of drug-likeness (QED) is 0.356. The highest BCUT2D eigenvalue weighted by Crippen LogP contribution is 2.26. The number of methoxy groups -OCH3 is 1. The lowest BCUT2D eigenvalue weighted by atomic mass is 9.87. The Labute approximate surface area is 202 Å². The summed E-state index contributed by atoms with van der Waals surface area (Å²) in [5.41, 5.74) is 4.94. The molecular weight excluding hydrogens is 440 g/mol. The van der Waals surface area contributed by atoms with Gasteiger partial charge in [0.25, 0.3) is 5.56 Å². The third-order valence-corrected chi connectivity index (χ3v) is 6.15. The van der Waals surface area contributed by atoms with E-state index in [2.05, 4.69) is 32.9 Å². The molecule has 0 saturated heterocycles. The van der Waals surface area contributed by atoms with E-state index in [0.717, 1.165) is 11.1 Å². The minimum absolute atomic E-state index is 0.0727. The number of para-hydroxylation sites is 2. The maximum Gasteiger partial charge on any atom is 0.265 e. The number of ether oxygens (including phenoxy) is 1. The van der Waals surface area contributed by atoms with Crippen LogP contribution in [-0.4, -0.2) is 44.1 Å². The minimum Gasteiger partial charge on any atom is -0.383 e. The van der Waals surface area contributed by atoms with Crippen molar-refractivity contribution in [1.29, 1.82) is 0 Å². The van der Waals surface area contributed by atoms with Crippen LogP contribution in [0.2, 0.25) is 0 Å². The summed E-state index contributed by atoms with van der Waals surface area (Å²) < 4.78 is 8.43. The first kappa shape index (κ1) is 22.9. The second-order valence-electron chi connectivity index (χ2n) is 9.62. The fraction of sp³-hybridized carbons (Fsp3) is 0.296. The van der Waals surface area contributed by atoms with Gasteiger partial charge in [-0.3, -0.25) is 9.36 Å². The van der Waals surface area contributed by atoms with Gasteiger partial charge >= 0.3 is 0 Å². The van der Waals surface area contributed by atoms with E-state index in [1.54, 1.807) is 22.6 Å². The summed E-state index contributed by atoms with van der Waals surface area (Å²) in [6, 6.07) is 15.9. The molecule has 0 saturated carbocycles. The number of rotatable bonds is 5. The lowest BCUT2D eigenvalue weighted by Crippen LogP contribution is -2.25. The number of nitrogens with zero attached hydrogens (tertiary/aromatic N) is 6. The van der Waals surface area contributed by atoms with Gasteiger partial charge in [-0.05, 0) is 35.6 Å². The van der Waals surface area contributed by atoms with Crippen LogP contribution >= 0.6 is 0 Å². The Bertz CT molecular complexity index is 1640. The summed E-state index contributed by atoms with van der Waals surface area (Å²) in [6.45, 7) is 9.18. The van der Waals surface area contributed by atoms with Crippen molar-refractivity contribution in [3.8, 4) is 0 Å². The molecular formula is C27H28N6O2. The third-order valence-electron chi connectivity index (χ3n) is 6.15. The zero-order valence-corrected chi connectivity index (χ0v) is 20.6. The topological polar surface area (TPSA) is 87.2 Å². The van der Waals surface area contributed by atoms with Crippen LogP contribution in [0.3, 0.4) is 0 Å². The molecule has 35 heavy (non-hydrogen) atoms. The lowest BCUT2D eigenvalue weighted by Gasteiger charge is -2.18. The molecule has 0 radical (unpaired) electrons. The predicted molar refractivity (Wildman–Crippen MR) is 139 cm³/mol. The van der Waals surface area contributed by atoms with E-state index >= 15 is 0 Å². The Morgan fingerprint density at radius 3 is 2.31 bits per heavy atom. The van der Waals surface area contributed by atoms with Gasteiger partial charge in [-0.2, -0.15) is 9.78 Å². The van der Waals surface area contributed by atoms with E-state index in [1.807, 2.05) is 43.3 Å². The van der Waals surface area contributed by atoms with Gasteiger partial charge in [0.05, 0.1) is 30.4 Å². The SMILES string of the molecule is COCCn1c(C)nc2c(c1=O)c1nc3ccccc3nc1n2/N=C\c1ccc(C(C)(C)C)cc1. The second kappa shape index (κ2) is 8.70. The van der Waals surface area contributed by atoms with E-state index in [4.69, 9.17) is 24.8 Å². The summed E-state index contributed by atoms with van der Waals surface area (Å²) in [5, 5.41) is 5.12. The lowest BCUT2D eigenvalue weighted by molar-refractivity contribution is 0.185. The van der Waals surface area contributed by atoms with Gasteiger partial charge in [-0.15, -0.1) is 0 Å². The maximum absolute atomic E-state index is 13.6. The molecule has 8 heteroatoms. The first-order chi connectivity index (χ1) is 16.8. The van der Waals surface area contributed by atoms with E-state index in [0.29, 0.717) is 46.7 Å². The third kappa shape index (κ3) is 4.10. The molecule has 0 aliphatic heterocycles. The van der Waals surface area contributed by atoms with Crippen molar-refractivity contribution in [2.24, 2.45) is 5.10 Å². The molecule has 0 bridgehead atoms. The molecule has 0 spiro atoms. The number of aromatic nitrogens is 5. The van der Waals surface area contributed by atoms with Gasteiger partial charge in [0.2, 0.25) is 0 Å². The number of aryl methyl sites for hydroxylation is 1. The van der Waals surface area contributed by atoms with Crippen LogP contribution < -0.4 is 5.56 Å². The van der Waals surface area contributed by atoms with E-state index in [-0.39, 0.29) is 11.0 Å². The number of fused-ring (bicyclic) bond motifs is 4. The molecule has 3 heterocycles. The molecule has 0 atom stereocenters. The zero-order valence-electron chi connectivity index (χ0n) is 20.6. The summed E-state index contributed by atoms with van der Waals surface area (Å²) >= 11 is 0. The van der Waals surface area contributed by atoms with Gasteiger partial charge in [0.15, 0.2) is 11.3 Å². The molecule has 0 aliphatic rings. The maximum atomic E-state index is 13.6. The van der Waals surface area contributed by atoms with Gasteiger partial charge < -0.3 is 4.74 Å². The average Bonchev–Trinajstić information content (AvgIpc) is 3.13. The molecule has 0 aliphatic carbocycles. The van der Waals surface area contributed by atoms with E-state index < -0.39 is 0 Å². The average molecular weight is 469 g/mol. The fourth-order valence-corrected chi connectivity index (χ4v) is 4.16. The van der Waals surface area contributed by atoms with Crippen LogP contribution in [-0.2, 0) is 16.7 Å². The summed E-state index contributed by atoms with van der Waals surface area (Å²) in [5.74, 6) is 0.581. The molecule has 178 valence electrons. The molecule has 0 fully saturated rings. The van der Waals surface area contributed by atoms with Crippen molar-refractivity contribution in [1.82, 2.24) is 24.2 Å². The zero-order chi connectivity index (χ0) is 24.7. The Morgan fingerprint density at radius 2 is 1.66 bits per heavy atom. The smallest absolute Gasteiger partial charge is 0.265 e. The second-order valence-corrected chi connectivity index (χ2v) is 9.62. The predicted octanol–water partition coefficient (Wildman–Crippen LogP) is 4.43. The normalized spacial score (nSPS) is 12.5. The van der Waals surface area contributed by atoms with Gasteiger partial charge in [-0.25, -0.2) is 15.0 Å². The first-order valence-corrected chi connectivity index (χ1v) is 11.6. The highest BCUT2D eigenvalue weighted by Gasteiger charge is 2.21. The molecule has 3 aromatic heterocycles. The van der Waals surface area contributed by atoms with Crippen LogP contribution in [0.4, 0.5) is 0 Å². The largest absolute Gasteiger partial charge is 0.383 e. The van der Waals surface area contributed by atoms with E-state index in [9.17, 15) is 4.79 Å². The van der Waals surface area contributed by atoms with Crippen LogP contribution in [0.25, 0.3) is 33.2 Å². The van der Waals surface area contributed by atoms with Crippen LogP contribution in [0.5, 0.6) is 0 Å². The Morgan fingerprint density at radius 1 is 0.971 bits per heavy atom. The number of benzene rings is 2. The Hall–Kier alpha value is -3.91. The van der Waals surface area contributed by atoms with Crippen molar-refractivity contribution in [3.05, 3.63) is 75.8 Å².